The van der Waals surface area contributed by atoms with Crippen molar-refractivity contribution in [3.63, 3.8) is 0 Å². The van der Waals surface area contributed by atoms with Crippen LogP contribution >= 0.6 is 0 Å². The zero-order chi connectivity index (χ0) is 10.4. The molecule has 1 heterocycles. The third-order valence-electron chi connectivity index (χ3n) is 2.52. The lowest BCUT2D eigenvalue weighted by Crippen LogP contribution is -2.27. The first-order valence-electron chi connectivity index (χ1n) is 4.99. The lowest BCUT2D eigenvalue weighted by Gasteiger charge is -2.14. The van der Waals surface area contributed by atoms with Crippen LogP contribution in [-0.2, 0) is 0 Å². The monoisotopic (exact) mass is 190 g/mol. The maximum Gasteiger partial charge on any atom is 0.0340 e. The van der Waals surface area contributed by atoms with E-state index in [2.05, 4.69) is 42.4 Å². The molecule has 0 radical (unpaired) electrons. The molecule has 2 atom stereocenters. The zero-order valence-electron chi connectivity index (χ0n) is 9.07. The Kier molecular flexibility index (Phi) is 4.33. The molecule has 0 aromatic carbocycles. The third kappa shape index (κ3) is 3.30. The summed E-state index contributed by atoms with van der Waals surface area (Å²) in [6, 6.07) is 4.51. The van der Waals surface area contributed by atoms with Crippen LogP contribution in [0.15, 0.2) is 30.6 Å². The minimum atomic E-state index is 0.503. The summed E-state index contributed by atoms with van der Waals surface area (Å²) in [5, 5.41) is 3.23. The van der Waals surface area contributed by atoms with Crippen LogP contribution in [0, 0.1) is 5.92 Å². The molecule has 0 spiro atoms. The Morgan fingerprint density at radius 1 is 1.43 bits per heavy atom. The molecule has 76 valence electrons. The minimum Gasteiger partial charge on any atom is -0.317 e. The van der Waals surface area contributed by atoms with E-state index in [0.717, 1.165) is 5.56 Å². The van der Waals surface area contributed by atoms with Gasteiger partial charge in [-0.1, -0.05) is 25.1 Å². The van der Waals surface area contributed by atoms with Crippen molar-refractivity contribution < 1.29 is 0 Å². The lowest BCUT2D eigenvalue weighted by atomic mass is 10.0. The van der Waals surface area contributed by atoms with Gasteiger partial charge in [0.2, 0.25) is 0 Å². The zero-order valence-corrected chi connectivity index (χ0v) is 9.07. The second-order valence-electron chi connectivity index (χ2n) is 3.58. The molecule has 1 aromatic rings. The summed E-state index contributed by atoms with van der Waals surface area (Å²) in [6.07, 6.45) is 7.98. The summed E-state index contributed by atoms with van der Waals surface area (Å²) in [5.74, 6) is 0.528. The maximum atomic E-state index is 4.06. The fourth-order valence-corrected chi connectivity index (χ4v) is 1.17. The molecule has 0 amide bonds. The lowest BCUT2D eigenvalue weighted by molar-refractivity contribution is 0.500. The van der Waals surface area contributed by atoms with Gasteiger partial charge in [-0.3, -0.25) is 4.98 Å². The smallest absolute Gasteiger partial charge is 0.0340 e. The van der Waals surface area contributed by atoms with E-state index in [-0.39, 0.29) is 0 Å². The molecule has 0 aliphatic rings. The van der Waals surface area contributed by atoms with Gasteiger partial charge in [-0.2, -0.15) is 0 Å². The van der Waals surface area contributed by atoms with Gasteiger partial charge in [-0.15, -0.1) is 0 Å². The topological polar surface area (TPSA) is 24.9 Å². The summed E-state index contributed by atoms with van der Waals surface area (Å²) < 4.78 is 0. The number of hydrogen-bond acceptors (Lipinski definition) is 2. The van der Waals surface area contributed by atoms with Gasteiger partial charge in [0.15, 0.2) is 0 Å². The standard InChI is InChI=1S/C12H18N2/c1-10(11(2)13-3)6-7-12-5-4-8-14-9-12/h4-11,13H,1-3H3/b7-6+. The van der Waals surface area contributed by atoms with Gasteiger partial charge in [0.1, 0.15) is 0 Å². The van der Waals surface area contributed by atoms with Crippen LogP contribution in [0.25, 0.3) is 6.08 Å². The molecule has 0 bridgehead atoms. The second-order valence-corrected chi connectivity index (χ2v) is 3.58. The van der Waals surface area contributed by atoms with Crippen molar-refractivity contribution in [2.24, 2.45) is 5.92 Å². The molecule has 0 aliphatic heterocycles. The number of aromatic nitrogens is 1. The molecule has 0 saturated carbocycles. The molecule has 2 heteroatoms. The Bertz CT molecular complexity index is 280. The van der Waals surface area contributed by atoms with Crippen LogP contribution in [-0.4, -0.2) is 18.1 Å². The summed E-state index contributed by atoms with van der Waals surface area (Å²) in [6.45, 7) is 4.38. The van der Waals surface area contributed by atoms with Crippen molar-refractivity contribution in [3.8, 4) is 0 Å². The van der Waals surface area contributed by atoms with Crippen LogP contribution in [0.3, 0.4) is 0 Å². The van der Waals surface area contributed by atoms with Gasteiger partial charge in [0.05, 0.1) is 0 Å². The van der Waals surface area contributed by atoms with E-state index in [0.29, 0.717) is 12.0 Å². The number of hydrogen-bond donors (Lipinski definition) is 1. The summed E-state index contributed by atoms with van der Waals surface area (Å²) in [4.78, 5) is 4.06. The number of nitrogens with zero attached hydrogens (tertiary/aromatic N) is 1. The molecule has 14 heavy (non-hydrogen) atoms. The first-order valence-corrected chi connectivity index (χ1v) is 4.99. The van der Waals surface area contributed by atoms with Gasteiger partial charge in [0, 0.05) is 18.4 Å². The van der Waals surface area contributed by atoms with Crippen LogP contribution in [0.4, 0.5) is 0 Å². The normalized spacial score (nSPS) is 15.6. The summed E-state index contributed by atoms with van der Waals surface area (Å²) in [7, 11) is 1.99. The average Bonchev–Trinajstić information content (AvgIpc) is 2.26. The Hall–Kier alpha value is -1.15. The highest BCUT2D eigenvalue weighted by Crippen LogP contribution is 2.07. The predicted octanol–water partition coefficient (Wildman–Crippen LogP) is 2.34. The van der Waals surface area contributed by atoms with Crippen LogP contribution in [0.1, 0.15) is 19.4 Å². The number of nitrogens with one attached hydrogen (secondary N) is 1. The first-order chi connectivity index (χ1) is 6.74. The van der Waals surface area contributed by atoms with Gasteiger partial charge in [-0.05, 0) is 31.5 Å². The Labute approximate surface area is 86.1 Å². The number of rotatable bonds is 4. The number of pyridine rings is 1. The van der Waals surface area contributed by atoms with E-state index >= 15 is 0 Å². The minimum absolute atomic E-state index is 0.503. The molecular formula is C12H18N2. The fourth-order valence-electron chi connectivity index (χ4n) is 1.17. The molecule has 2 unspecified atom stereocenters. The molecule has 1 N–H and O–H groups in total. The van der Waals surface area contributed by atoms with Crippen molar-refractivity contribution in [1.29, 1.82) is 0 Å². The van der Waals surface area contributed by atoms with Crippen LogP contribution < -0.4 is 5.32 Å². The SMILES string of the molecule is CNC(C)C(C)/C=C/c1cccnc1. The first kappa shape index (κ1) is 10.9. The highest BCUT2D eigenvalue weighted by atomic mass is 14.9. The van der Waals surface area contributed by atoms with E-state index in [4.69, 9.17) is 0 Å². The van der Waals surface area contributed by atoms with Crippen molar-refractivity contribution in [3.05, 3.63) is 36.2 Å². The second kappa shape index (κ2) is 5.55. The van der Waals surface area contributed by atoms with Crippen molar-refractivity contribution in [1.82, 2.24) is 10.3 Å². The Morgan fingerprint density at radius 2 is 2.21 bits per heavy atom. The van der Waals surface area contributed by atoms with Gasteiger partial charge in [0.25, 0.3) is 0 Å². The molecule has 0 saturated heterocycles. The van der Waals surface area contributed by atoms with E-state index in [1.54, 1.807) is 6.20 Å². The van der Waals surface area contributed by atoms with Crippen molar-refractivity contribution in [2.75, 3.05) is 7.05 Å². The van der Waals surface area contributed by atoms with Crippen molar-refractivity contribution >= 4 is 6.08 Å². The molecule has 0 aliphatic carbocycles. The molecule has 2 nitrogen and oxygen atoms in total. The molecule has 1 rings (SSSR count). The predicted molar refractivity (Wildman–Crippen MR) is 61.0 cm³/mol. The van der Waals surface area contributed by atoms with E-state index in [1.807, 2.05) is 19.3 Å². The largest absolute Gasteiger partial charge is 0.317 e. The Morgan fingerprint density at radius 3 is 2.79 bits per heavy atom. The van der Waals surface area contributed by atoms with Crippen LogP contribution in [0.2, 0.25) is 0 Å². The highest BCUT2D eigenvalue weighted by Gasteiger charge is 2.04. The van der Waals surface area contributed by atoms with E-state index in [1.165, 1.54) is 0 Å². The maximum absolute atomic E-state index is 4.06. The summed E-state index contributed by atoms with van der Waals surface area (Å²) in [5.41, 5.74) is 1.16. The Balaban J connectivity index is 2.56. The van der Waals surface area contributed by atoms with Gasteiger partial charge >= 0.3 is 0 Å². The molecule has 1 aromatic heterocycles. The molecule has 0 fully saturated rings. The summed E-state index contributed by atoms with van der Waals surface area (Å²) >= 11 is 0. The third-order valence-corrected chi connectivity index (χ3v) is 2.52. The van der Waals surface area contributed by atoms with Crippen LogP contribution in [0.5, 0.6) is 0 Å². The average molecular weight is 190 g/mol. The van der Waals surface area contributed by atoms with Crippen molar-refractivity contribution in [2.45, 2.75) is 19.9 Å². The van der Waals surface area contributed by atoms with Gasteiger partial charge < -0.3 is 5.32 Å². The van der Waals surface area contributed by atoms with E-state index in [9.17, 15) is 0 Å². The highest BCUT2D eigenvalue weighted by molar-refractivity contribution is 5.47. The molecular weight excluding hydrogens is 172 g/mol. The quantitative estimate of drug-likeness (QED) is 0.788. The fraction of sp³-hybridized carbons (Fsp3) is 0.417. The van der Waals surface area contributed by atoms with E-state index < -0.39 is 0 Å². The van der Waals surface area contributed by atoms with Gasteiger partial charge in [-0.25, -0.2) is 0 Å².